The molecule has 1 aliphatic heterocycles. The standard InChI is InChI=1S/C44H63N5O7S/c1-8-30(4)35(24-39(50)37-19-13-15-21-48(37)6)43(52)49(26-32-16-10-9-11-17-32)38(29(2)3)25-40(56-28-55-7)42-47-36(27-57-42)41(51)46-34(22-31(5)44(53)54)23-33-18-12-14-20-45-33/h9-12,14,16-18,20,27,29-31,34-35,37-38,40H,8,13,15,19,21-26,28H2,1-7H3,(H,46,51)(H,53,54)/t30?,31-,34+,35?,37?,38+,40+/m0/s1. The fraction of sp³-hybridized carbons (Fsp3) is 0.591. The zero-order valence-corrected chi connectivity index (χ0v) is 35.6. The molecule has 312 valence electrons. The fourth-order valence-corrected chi connectivity index (χ4v) is 8.52. The molecule has 2 aromatic heterocycles. The number of rotatable bonds is 23. The number of ketones is 1. The van der Waals surface area contributed by atoms with Crippen molar-refractivity contribution >= 4 is 34.9 Å². The van der Waals surface area contributed by atoms with E-state index in [1.165, 1.54) is 11.3 Å². The summed E-state index contributed by atoms with van der Waals surface area (Å²) in [6.45, 7) is 11.2. The molecular formula is C44H63N5O7S. The van der Waals surface area contributed by atoms with E-state index in [-0.39, 0.29) is 60.9 Å². The highest BCUT2D eigenvalue weighted by atomic mass is 32.1. The largest absolute Gasteiger partial charge is 0.481 e. The van der Waals surface area contributed by atoms with Crippen molar-refractivity contribution in [1.29, 1.82) is 0 Å². The number of likely N-dealkylation sites (N-methyl/N-ethyl adjacent to an activating group) is 1. The number of Topliss-reactive ketones (excluding diaryl/α,β-unsaturated/α-hetero) is 1. The Morgan fingerprint density at radius 3 is 2.40 bits per heavy atom. The Balaban J connectivity index is 1.63. The van der Waals surface area contributed by atoms with Gasteiger partial charge in [-0.3, -0.25) is 29.1 Å². The number of nitrogens with zero attached hydrogens (tertiary/aromatic N) is 4. The van der Waals surface area contributed by atoms with Crippen molar-refractivity contribution in [2.75, 3.05) is 27.5 Å². The van der Waals surface area contributed by atoms with Crippen LogP contribution >= 0.6 is 11.3 Å². The van der Waals surface area contributed by atoms with Gasteiger partial charge in [-0.15, -0.1) is 11.3 Å². The predicted molar refractivity (Wildman–Crippen MR) is 222 cm³/mol. The molecule has 3 unspecified atom stereocenters. The molecule has 2 N–H and O–H groups in total. The summed E-state index contributed by atoms with van der Waals surface area (Å²) in [7, 11) is 3.55. The van der Waals surface area contributed by atoms with E-state index in [0.717, 1.165) is 43.5 Å². The van der Waals surface area contributed by atoms with Crippen LogP contribution in [0.1, 0.15) is 112 Å². The lowest BCUT2D eigenvalue weighted by Crippen LogP contribution is -2.49. The lowest BCUT2D eigenvalue weighted by Gasteiger charge is -2.40. The molecule has 0 aliphatic carbocycles. The first-order chi connectivity index (χ1) is 27.3. The van der Waals surface area contributed by atoms with Crippen LogP contribution in [0.15, 0.2) is 60.1 Å². The van der Waals surface area contributed by atoms with Crippen molar-refractivity contribution in [3.8, 4) is 0 Å². The van der Waals surface area contributed by atoms with Crippen molar-refractivity contribution in [3.63, 3.8) is 0 Å². The quantitative estimate of drug-likeness (QED) is 0.0942. The monoisotopic (exact) mass is 805 g/mol. The van der Waals surface area contributed by atoms with E-state index in [1.807, 2.05) is 54.4 Å². The van der Waals surface area contributed by atoms with Crippen LogP contribution in [-0.2, 0) is 36.8 Å². The molecular weight excluding hydrogens is 743 g/mol. The minimum atomic E-state index is -0.942. The van der Waals surface area contributed by atoms with E-state index < -0.39 is 35.9 Å². The smallest absolute Gasteiger partial charge is 0.306 e. The molecule has 1 fully saturated rings. The average Bonchev–Trinajstić information content (AvgIpc) is 3.70. The SMILES string of the molecule is CCC(C)C(CC(=O)C1CCCCN1C)C(=O)N(Cc1ccccc1)[C@H](C[C@@H](OCOC)c1nc(C(=O)N[C@@H](Cc2ccccn2)C[C@H](C)C(=O)O)cs1)C(C)C. The Labute approximate surface area is 342 Å². The Morgan fingerprint density at radius 1 is 1.04 bits per heavy atom. The second kappa shape index (κ2) is 22.8. The average molecular weight is 806 g/mol. The van der Waals surface area contributed by atoms with E-state index in [4.69, 9.17) is 14.5 Å². The highest BCUT2D eigenvalue weighted by Gasteiger charge is 2.39. The summed E-state index contributed by atoms with van der Waals surface area (Å²) in [4.78, 5) is 67.6. The number of thiazole rings is 1. The van der Waals surface area contributed by atoms with Gasteiger partial charge in [-0.1, -0.05) is 83.9 Å². The number of likely N-dealkylation sites (tertiary alicyclic amines) is 1. The maximum Gasteiger partial charge on any atom is 0.306 e. The number of methoxy groups -OCH3 is 1. The first-order valence-corrected chi connectivity index (χ1v) is 21.3. The molecule has 57 heavy (non-hydrogen) atoms. The van der Waals surface area contributed by atoms with E-state index in [1.54, 1.807) is 31.7 Å². The van der Waals surface area contributed by atoms with Gasteiger partial charge in [0.25, 0.3) is 5.91 Å². The molecule has 1 saturated heterocycles. The minimum Gasteiger partial charge on any atom is -0.481 e. The highest BCUT2D eigenvalue weighted by Crippen LogP contribution is 2.34. The van der Waals surface area contributed by atoms with Gasteiger partial charge in [-0.25, -0.2) is 4.98 Å². The Kier molecular flexibility index (Phi) is 18.2. The number of hydrogen-bond acceptors (Lipinski definition) is 10. The number of carbonyl (C=O) groups excluding carboxylic acids is 3. The van der Waals surface area contributed by atoms with Gasteiger partial charge in [0.15, 0.2) is 5.78 Å². The number of hydrogen-bond donors (Lipinski definition) is 2. The number of carboxylic acids is 1. The van der Waals surface area contributed by atoms with Gasteiger partial charge >= 0.3 is 5.97 Å². The number of nitrogens with one attached hydrogen (secondary N) is 1. The summed E-state index contributed by atoms with van der Waals surface area (Å²) in [5, 5.41) is 14.9. The van der Waals surface area contributed by atoms with Crippen LogP contribution in [0.2, 0.25) is 0 Å². The van der Waals surface area contributed by atoms with Gasteiger partial charge in [0.1, 0.15) is 23.6 Å². The third kappa shape index (κ3) is 13.5. The molecule has 3 heterocycles. The van der Waals surface area contributed by atoms with Gasteiger partial charge in [0, 0.05) is 68.2 Å². The molecule has 0 bridgehead atoms. The fourth-order valence-electron chi connectivity index (χ4n) is 7.66. The number of aliphatic carboxylic acids is 1. The van der Waals surface area contributed by atoms with Crippen LogP contribution in [0.3, 0.4) is 0 Å². The van der Waals surface area contributed by atoms with Crippen LogP contribution in [-0.4, -0.2) is 94.1 Å². The Bertz CT molecular complexity index is 1710. The summed E-state index contributed by atoms with van der Waals surface area (Å²) in [5.74, 6) is -2.46. The van der Waals surface area contributed by atoms with Crippen LogP contribution in [0, 0.1) is 23.7 Å². The molecule has 7 atom stereocenters. The highest BCUT2D eigenvalue weighted by molar-refractivity contribution is 7.09. The topological polar surface area (TPSA) is 151 Å². The molecule has 0 spiro atoms. The van der Waals surface area contributed by atoms with E-state index in [2.05, 4.69) is 42.9 Å². The van der Waals surface area contributed by atoms with E-state index >= 15 is 4.79 Å². The number of aromatic nitrogens is 2. The zero-order chi connectivity index (χ0) is 41.5. The third-order valence-corrected chi connectivity index (χ3v) is 12.2. The van der Waals surface area contributed by atoms with Gasteiger partial charge in [0.05, 0.1) is 12.0 Å². The van der Waals surface area contributed by atoms with Crippen LogP contribution < -0.4 is 5.32 Å². The number of ether oxygens (including phenoxy) is 2. The summed E-state index contributed by atoms with van der Waals surface area (Å²) in [6, 6.07) is 14.4. The Morgan fingerprint density at radius 2 is 1.77 bits per heavy atom. The van der Waals surface area contributed by atoms with Crippen molar-refractivity contribution < 1.29 is 33.8 Å². The Hall–Kier alpha value is -4.04. The van der Waals surface area contributed by atoms with Crippen LogP contribution in [0.5, 0.6) is 0 Å². The van der Waals surface area contributed by atoms with E-state index in [0.29, 0.717) is 24.4 Å². The number of carboxylic acid groups (broad SMARTS) is 1. The summed E-state index contributed by atoms with van der Waals surface area (Å²) >= 11 is 1.29. The first-order valence-electron chi connectivity index (χ1n) is 20.4. The number of amides is 2. The minimum absolute atomic E-state index is 0.00428. The summed E-state index contributed by atoms with van der Waals surface area (Å²) in [6.07, 6.45) is 5.86. The lowest BCUT2D eigenvalue weighted by molar-refractivity contribution is -0.146. The van der Waals surface area contributed by atoms with Crippen LogP contribution in [0.25, 0.3) is 0 Å². The van der Waals surface area contributed by atoms with Crippen molar-refractivity contribution in [2.45, 2.75) is 117 Å². The number of pyridine rings is 1. The van der Waals surface area contributed by atoms with Gasteiger partial charge in [0.2, 0.25) is 5.91 Å². The number of benzene rings is 1. The molecule has 0 saturated carbocycles. The molecule has 1 aliphatic rings. The lowest BCUT2D eigenvalue weighted by atomic mass is 9.82. The summed E-state index contributed by atoms with van der Waals surface area (Å²) < 4.78 is 11.6. The van der Waals surface area contributed by atoms with Crippen molar-refractivity contribution in [1.82, 2.24) is 25.1 Å². The number of carbonyl (C=O) groups is 4. The molecule has 13 heteroatoms. The molecule has 1 aromatic carbocycles. The molecule has 0 radical (unpaired) electrons. The first kappa shape index (κ1) is 45.7. The maximum absolute atomic E-state index is 15.1. The van der Waals surface area contributed by atoms with Crippen molar-refractivity contribution in [2.24, 2.45) is 23.7 Å². The molecule has 12 nitrogen and oxygen atoms in total. The summed E-state index contributed by atoms with van der Waals surface area (Å²) in [5.41, 5.74) is 1.91. The molecule has 4 rings (SSSR count). The number of piperidine rings is 1. The molecule has 3 aromatic rings. The predicted octanol–water partition coefficient (Wildman–Crippen LogP) is 7.20. The second-order valence-corrected chi connectivity index (χ2v) is 16.8. The van der Waals surface area contributed by atoms with Gasteiger partial charge < -0.3 is 24.8 Å². The van der Waals surface area contributed by atoms with Crippen LogP contribution in [0.4, 0.5) is 0 Å². The van der Waals surface area contributed by atoms with Gasteiger partial charge in [-0.2, -0.15) is 0 Å². The van der Waals surface area contributed by atoms with E-state index in [9.17, 15) is 19.5 Å². The zero-order valence-electron chi connectivity index (χ0n) is 34.8. The second-order valence-electron chi connectivity index (χ2n) is 16.0. The van der Waals surface area contributed by atoms with Crippen molar-refractivity contribution in [3.05, 3.63) is 82.1 Å². The third-order valence-electron chi connectivity index (χ3n) is 11.3. The van der Waals surface area contributed by atoms with Gasteiger partial charge in [-0.05, 0) is 62.4 Å². The maximum atomic E-state index is 15.1. The normalized spacial score (nSPS) is 17.9. The molecule has 2 amide bonds.